The molecular weight excluding hydrogens is 390 g/mol. The molecule has 0 spiro atoms. The van der Waals surface area contributed by atoms with E-state index in [0.29, 0.717) is 40.1 Å². The second-order valence-corrected chi connectivity index (χ2v) is 6.62. The normalized spacial score (nSPS) is 10.3. The molecule has 3 rings (SSSR count). The number of ether oxygens (including phenoxy) is 3. The third-order valence-corrected chi connectivity index (χ3v) is 4.38. The van der Waals surface area contributed by atoms with E-state index >= 15 is 0 Å². The number of hydrogen-bond acceptors (Lipinski definition) is 4. The molecule has 1 amide bonds. The molecule has 0 bridgehead atoms. The molecule has 3 aromatic rings. The molecule has 0 unspecified atom stereocenters. The Bertz CT molecular complexity index is 990. The Morgan fingerprint density at radius 2 is 1.76 bits per heavy atom. The Kier molecular flexibility index (Phi) is 6.98. The highest BCUT2D eigenvalue weighted by molar-refractivity contribution is 6.30. The summed E-state index contributed by atoms with van der Waals surface area (Å²) in [6.45, 7) is 2.67. The van der Waals surface area contributed by atoms with Crippen molar-refractivity contribution in [2.45, 2.75) is 13.5 Å². The second-order valence-electron chi connectivity index (χ2n) is 6.19. The summed E-state index contributed by atoms with van der Waals surface area (Å²) in [5, 5.41) is 3.47. The predicted octanol–water partition coefficient (Wildman–Crippen LogP) is 5.58. The van der Waals surface area contributed by atoms with Crippen molar-refractivity contribution >= 4 is 23.2 Å². The molecule has 0 aliphatic rings. The quantitative estimate of drug-likeness (QED) is 0.525. The smallest absolute Gasteiger partial charge is 0.255 e. The van der Waals surface area contributed by atoms with Gasteiger partial charge in [0.25, 0.3) is 5.91 Å². The maximum atomic E-state index is 12.7. The minimum atomic E-state index is -0.231. The highest BCUT2D eigenvalue weighted by Gasteiger charge is 2.12. The van der Waals surface area contributed by atoms with Crippen molar-refractivity contribution < 1.29 is 19.0 Å². The monoisotopic (exact) mass is 411 g/mol. The summed E-state index contributed by atoms with van der Waals surface area (Å²) in [6.07, 6.45) is 0. The number of hydrogen-bond donors (Lipinski definition) is 1. The number of anilines is 1. The topological polar surface area (TPSA) is 56.8 Å². The molecule has 3 aromatic carbocycles. The molecule has 0 aromatic heterocycles. The van der Waals surface area contributed by atoms with E-state index in [1.165, 1.54) is 0 Å². The van der Waals surface area contributed by atoms with E-state index in [0.717, 1.165) is 5.56 Å². The largest absolute Gasteiger partial charge is 0.497 e. The Morgan fingerprint density at radius 3 is 2.52 bits per heavy atom. The molecule has 0 saturated carbocycles. The van der Waals surface area contributed by atoms with Crippen LogP contribution in [0.15, 0.2) is 66.7 Å². The van der Waals surface area contributed by atoms with E-state index in [1.807, 2.05) is 31.2 Å². The van der Waals surface area contributed by atoms with Gasteiger partial charge in [-0.05, 0) is 55.5 Å². The highest BCUT2D eigenvalue weighted by atomic mass is 35.5. The van der Waals surface area contributed by atoms with Crippen LogP contribution < -0.4 is 19.5 Å². The van der Waals surface area contributed by atoms with Crippen LogP contribution in [0.2, 0.25) is 5.02 Å². The van der Waals surface area contributed by atoms with Crippen molar-refractivity contribution in [1.82, 2.24) is 0 Å². The highest BCUT2D eigenvalue weighted by Crippen LogP contribution is 2.25. The third-order valence-electron chi connectivity index (χ3n) is 4.14. The zero-order valence-corrected chi connectivity index (χ0v) is 17.0. The van der Waals surface area contributed by atoms with Crippen LogP contribution in [-0.2, 0) is 6.61 Å². The van der Waals surface area contributed by atoms with Gasteiger partial charge in [0.15, 0.2) is 0 Å². The van der Waals surface area contributed by atoms with Crippen LogP contribution in [0.25, 0.3) is 0 Å². The first-order valence-electron chi connectivity index (χ1n) is 9.18. The second kappa shape index (κ2) is 9.85. The maximum absolute atomic E-state index is 12.7. The van der Waals surface area contributed by atoms with Gasteiger partial charge in [-0.15, -0.1) is 0 Å². The fraction of sp³-hybridized carbons (Fsp3) is 0.174. The SMILES string of the molecule is CCOc1ccc(C(=O)Nc2cccc(OC)c2)cc1COc1cccc(Cl)c1. The molecule has 0 aliphatic carbocycles. The van der Waals surface area contributed by atoms with Crippen LogP contribution in [0.1, 0.15) is 22.8 Å². The number of methoxy groups -OCH3 is 1. The van der Waals surface area contributed by atoms with Gasteiger partial charge in [-0.2, -0.15) is 0 Å². The Morgan fingerprint density at radius 1 is 0.966 bits per heavy atom. The van der Waals surface area contributed by atoms with Crippen LogP contribution in [0.4, 0.5) is 5.69 Å². The zero-order chi connectivity index (χ0) is 20.6. The lowest BCUT2D eigenvalue weighted by Gasteiger charge is -2.14. The molecule has 0 radical (unpaired) electrons. The first-order chi connectivity index (χ1) is 14.1. The lowest BCUT2D eigenvalue weighted by molar-refractivity contribution is 0.102. The Labute approximate surface area is 175 Å². The lowest BCUT2D eigenvalue weighted by atomic mass is 10.1. The molecule has 0 aliphatic heterocycles. The molecule has 6 heteroatoms. The average Bonchev–Trinajstić information content (AvgIpc) is 2.73. The number of carbonyl (C=O) groups is 1. The minimum absolute atomic E-state index is 0.231. The van der Waals surface area contributed by atoms with Gasteiger partial charge < -0.3 is 19.5 Å². The first kappa shape index (κ1) is 20.6. The van der Waals surface area contributed by atoms with Gasteiger partial charge in [0.05, 0.1) is 13.7 Å². The number of carbonyl (C=O) groups excluding carboxylic acids is 1. The first-order valence-corrected chi connectivity index (χ1v) is 9.56. The minimum Gasteiger partial charge on any atom is -0.497 e. The van der Waals surface area contributed by atoms with Gasteiger partial charge in [-0.25, -0.2) is 0 Å². The molecule has 0 fully saturated rings. The summed E-state index contributed by atoms with van der Waals surface area (Å²) in [6, 6.07) is 19.6. The summed E-state index contributed by atoms with van der Waals surface area (Å²) in [4.78, 5) is 12.7. The van der Waals surface area contributed by atoms with Crippen molar-refractivity contribution in [3.05, 3.63) is 82.9 Å². The summed E-state index contributed by atoms with van der Waals surface area (Å²) < 4.78 is 16.7. The van der Waals surface area contributed by atoms with Gasteiger partial charge in [0, 0.05) is 27.9 Å². The zero-order valence-electron chi connectivity index (χ0n) is 16.3. The fourth-order valence-corrected chi connectivity index (χ4v) is 2.93. The summed E-state index contributed by atoms with van der Waals surface area (Å²) in [5.41, 5.74) is 1.92. The van der Waals surface area contributed by atoms with Crippen molar-refractivity contribution in [3.63, 3.8) is 0 Å². The van der Waals surface area contributed by atoms with Crippen molar-refractivity contribution in [3.8, 4) is 17.2 Å². The van der Waals surface area contributed by atoms with E-state index in [1.54, 1.807) is 49.6 Å². The van der Waals surface area contributed by atoms with Crippen LogP contribution >= 0.6 is 11.6 Å². The van der Waals surface area contributed by atoms with Gasteiger partial charge in [-0.3, -0.25) is 4.79 Å². The molecule has 5 nitrogen and oxygen atoms in total. The molecule has 0 atom stereocenters. The van der Waals surface area contributed by atoms with Gasteiger partial charge in [-0.1, -0.05) is 23.7 Å². The number of halogens is 1. The Hall–Kier alpha value is -3.18. The molecule has 0 heterocycles. The third kappa shape index (κ3) is 5.65. The van der Waals surface area contributed by atoms with Gasteiger partial charge in [0.2, 0.25) is 0 Å². The standard InChI is InChI=1S/C23H22ClNO4/c1-3-28-22-11-10-16(23(26)25-19-7-5-8-20(14-19)27-2)12-17(22)15-29-21-9-4-6-18(24)13-21/h4-14H,3,15H2,1-2H3,(H,25,26). The summed E-state index contributed by atoms with van der Waals surface area (Å²) in [5.74, 6) is 1.76. The molecular formula is C23H22ClNO4. The van der Waals surface area contributed by atoms with Gasteiger partial charge in [0.1, 0.15) is 23.9 Å². The van der Waals surface area contributed by atoms with E-state index < -0.39 is 0 Å². The van der Waals surface area contributed by atoms with E-state index in [2.05, 4.69) is 5.32 Å². The van der Waals surface area contributed by atoms with Crippen LogP contribution in [-0.4, -0.2) is 19.6 Å². The maximum Gasteiger partial charge on any atom is 0.255 e. The Balaban J connectivity index is 1.78. The van der Waals surface area contributed by atoms with Crippen LogP contribution in [0.3, 0.4) is 0 Å². The molecule has 0 saturated heterocycles. The predicted molar refractivity (Wildman–Crippen MR) is 114 cm³/mol. The van der Waals surface area contributed by atoms with Crippen LogP contribution in [0.5, 0.6) is 17.2 Å². The number of rotatable bonds is 8. The van der Waals surface area contributed by atoms with E-state index in [-0.39, 0.29) is 12.5 Å². The average molecular weight is 412 g/mol. The van der Waals surface area contributed by atoms with Crippen LogP contribution in [0, 0.1) is 0 Å². The summed E-state index contributed by atoms with van der Waals surface area (Å²) in [7, 11) is 1.58. The number of nitrogens with one attached hydrogen (secondary N) is 1. The van der Waals surface area contributed by atoms with E-state index in [4.69, 9.17) is 25.8 Å². The van der Waals surface area contributed by atoms with Crippen molar-refractivity contribution in [2.24, 2.45) is 0 Å². The lowest BCUT2D eigenvalue weighted by Crippen LogP contribution is -2.13. The van der Waals surface area contributed by atoms with Crippen molar-refractivity contribution in [2.75, 3.05) is 19.0 Å². The number of amides is 1. The summed E-state index contributed by atoms with van der Waals surface area (Å²) >= 11 is 6.01. The van der Waals surface area contributed by atoms with Crippen molar-refractivity contribution in [1.29, 1.82) is 0 Å². The van der Waals surface area contributed by atoms with E-state index in [9.17, 15) is 4.79 Å². The fourth-order valence-electron chi connectivity index (χ4n) is 2.75. The molecule has 1 N–H and O–H groups in total. The van der Waals surface area contributed by atoms with Gasteiger partial charge >= 0.3 is 0 Å². The molecule has 150 valence electrons. The number of benzene rings is 3. The molecule has 29 heavy (non-hydrogen) atoms.